The summed E-state index contributed by atoms with van der Waals surface area (Å²) < 4.78 is 0. The lowest BCUT2D eigenvalue weighted by atomic mass is 9.87. The van der Waals surface area contributed by atoms with E-state index in [1.807, 2.05) is 0 Å². The smallest absolute Gasteiger partial charge is 0.00104 e. The lowest BCUT2D eigenvalue weighted by Crippen LogP contribution is -2.29. The molecule has 0 aliphatic heterocycles. The molecule has 0 rings (SSSR count). The second-order valence-corrected chi connectivity index (χ2v) is 5.49. The predicted octanol–water partition coefficient (Wildman–Crippen LogP) is 4.62. The molecule has 0 bridgehead atoms. The topological polar surface area (TPSA) is 12.0 Å². The fraction of sp³-hybridized carbons (Fsp3) is 1.00. The largest absolute Gasteiger partial charge is 0.314 e. The summed E-state index contributed by atoms with van der Waals surface area (Å²) in [7, 11) is 0. The van der Waals surface area contributed by atoms with Gasteiger partial charge in [0.1, 0.15) is 0 Å². The summed E-state index contributed by atoms with van der Waals surface area (Å²) in [6.07, 6.45) is 8.29. The van der Waals surface area contributed by atoms with Gasteiger partial charge in [0.2, 0.25) is 0 Å². The first-order valence-electron chi connectivity index (χ1n) is 7.37. The van der Waals surface area contributed by atoms with Crippen LogP contribution >= 0.6 is 0 Å². The van der Waals surface area contributed by atoms with E-state index in [0.717, 1.165) is 11.8 Å². The molecule has 0 fully saturated rings. The Bertz CT molecular complexity index is 142. The molecule has 0 radical (unpaired) electrons. The molecule has 2 unspecified atom stereocenters. The van der Waals surface area contributed by atoms with Crippen molar-refractivity contribution in [2.75, 3.05) is 6.54 Å². The molecule has 16 heavy (non-hydrogen) atoms. The average molecular weight is 227 g/mol. The van der Waals surface area contributed by atoms with E-state index < -0.39 is 0 Å². The highest BCUT2D eigenvalue weighted by atomic mass is 14.9. The van der Waals surface area contributed by atoms with Gasteiger partial charge >= 0.3 is 0 Å². The van der Waals surface area contributed by atoms with Crippen LogP contribution in [0, 0.1) is 11.8 Å². The molecule has 0 saturated heterocycles. The first kappa shape index (κ1) is 16.0. The first-order chi connectivity index (χ1) is 7.63. The maximum absolute atomic E-state index is 3.58. The summed E-state index contributed by atoms with van der Waals surface area (Å²) in [6, 6.07) is 0.629. The van der Waals surface area contributed by atoms with E-state index in [2.05, 4.69) is 39.9 Å². The van der Waals surface area contributed by atoms with Crippen molar-refractivity contribution in [3.8, 4) is 0 Å². The Kier molecular flexibility index (Phi) is 10.1. The number of rotatable bonds is 10. The van der Waals surface area contributed by atoms with Crippen molar-refractivity contribution in [3.63, 3.8) is 0 Å². The van der Waals surface area contributed by atoms with Gasteiger partial charge in [-0.3, -0.25) is 0 Å². The Labute approximate surface area is 103 Å². The van der Waals surface area contributed by atoms with E-state index in [1.165, 1.54) is 45.1 Å². The van der Waals surface area contributed by atoms with Crippen LogP contribution < -0.4 is 5.32 Å². The number of unbranched alkanes of at least 4 members (excludes halogenated alkanes) is 1. The Morgan fingerprint density at radius 1 is 0.938 bits per heavy atom. The van der Waals surface area contributed by atoms with E-state index in [1.54, 1.807) is 0 Å². The average Bonchev–Trinajstić information content (AvgIpc) is 2.28. The molecule has 0 aliphatic carbocycles. The summed E-state index contributed by atoms with van der Waals surface area (Å²) in [4.78, 5) is 0. The van der Waals surface area contributed by atoms with Gasteiger partial charge in [-0.05, 0) is 24.8 Å². The third-order valence-corrected chi connectivity index (χ3v) is 3.60. The zero-order valence-electron chi connectivity index (χ0n) is 12.2. The van der Waals surface area contributed by atoms with E-state index in [4.69, 9.17) is 0 Å². The van der Waals surface area contributed by atoms with Crippen molar-refractivity contribution in [3.05, 3.63) is 0 Å². The molecule has 0 amide bonds. The molecule has 1 nitrogen and oxygen atoms in total. The van der Waals surface area contributed by atoms with Crippen LogP contribution in [-0.2, 0) is 0 Å². The molecule has 2 atom stereocenters. The van der Waals surface area contributed by atoms with Crippen molar-refractivity contribution in [2.45, 2.75) is 79.2 Å². The van der Waals surface area contributed by atoms with Crippen molar-refractivity contribution in [2.24, 2.45) is 11.8 Å². The minimum Gasteiger partial charge on any atom is -0.314 e. The monoisotopic (exact) mass is 227 g/mol. The van der Waals surface area contributed by atoms with Crippen molar-refractivity contribution >= 4 is 0 Å². The Hall–Kier alpha value is -0.0400. The molecule has 0 aromatic heterocycles. The van der Waals surface area contributed by atoms with Crippen LogP contribution in [-0.4, -0.2) is 12.6 Å². The zero-order valence-corrected chi connectivity index (χ0v) is 12.2. The Morgan fingerprint density at radius 2 is 1.56 bits per heavy atom. The summed E-state index contributed by atoms with van der Waals surface area (Å²) in [5.74, 6) is 1.84. The minimum atomic E-state index is 0.629. The van der Waals surface area contributed by atoms with Crippen LogP contribution in [0.5, 0.6) is 0 Å². The molecule has 0 aliphatic rings. The molecule has 0 spiro atoms. The SMILES string of the molecule is CCCCC(CC)CC(CC)CNC(C)C. The molecular weight excluding hydrogens is 194 g/mol. The van der Waals surface area contributed by atoms with E-state index >= 15 is 0 Å². The van der Waals surface area contributed by atoms with Gasteiger partial charge in [0.25, 0.3) is 0 Å². The molecule has 0 aromatic carbocycles. The highest BCUT2D eigenvalue weighted by molar-refractivity contribution is 4.68. The van der Waals surface area contributed by atoms with Crippen molar-refractivity contribution < 1.29 is 0 Å². The standard InChI is InChI=1S/C15H33N/c1-6-9-10-14(7-2)11-15(8-3)12-16-13(4)5/h13-16H,6-12H2,1-5H3. The normalized spacial score (nSPS) is 15.4. The highest BCUT2D eigenvalue weighted by Gasteiger charge is 2.13. The molecule has 98 valence electrons. The summed E-state index contributed by atoms with van der Waals surface area (Å²) >= 11 is 0. The van der Waals surface area contributed by atoms with Gasteiger partial charge in [0.15, 0.2) is 0 Å². The quantitative estimate of drug-likeness (QED) is 0.574. The maximum atomic E-state index is 3.58. The molecule has 0 heterocycles. The predicted molar refractivity (Wildman–Crippen MR) is 74.8 cm³/mol. The number of hydrogen-bond acceptors (Lipinski definition) is 1. The Morgan fingerprint density at radius 3 is 2.00 bits per heavy atom. The number of nitrogens with one attached hydrogen (secondary N) is 1. The van der Waals surface area contributed by atoms with Crippen LogP contribution in [0.3, 0.4) is 0 Å². The fourth-order valence-electron chi connectivity index (χ4n) is 2.25. The lowest BCUT2D eigenvalue weighted by molar-refractivity contribution is 0.314. The first-order valence-corrected chi connectivity index (χ1v) is 7.37. The fourth-order valence-corrected chi connectivity index (χ4v) is 2.25. The van der Waals surface area contributed by atoms with Gasteiger partial charge in [-0.1, -0.05) is 66.7 Å². The van der Waals surface area contributed by atoms with Gasteiger partial charge in [0.05, 0.1) is 0 Å². The van der Waals surface area contributed by atoms with Gasteiger partial charge in [-0.15, -0.1) is 0 Å². The highest BCUT2D eigenvalue weighted by Crippen LogP contribution is 2.23. The molecule has 1 heteroatoms. The van der Waals surface area contributed by atoms with Crippen LogP contribution in [0.2, 0.25) is 0 Å². The van der Waals surface area contributed by atoms with Crippen LogP contribution in [0.1, 0.15) is 73.1 Å². The Balaban J connectivity index is 3.86. The summed E-state index contributed by atoms with van der Waals surface area (Å²) in [5, 5.41) is 3.58. The second-order valence-electron chi connectivity index (χ2n) is 5.49. The van der Waals surface area contributed by atoms with Gasteiger partial charge < -0.3 is 5.32 Å². The zero-order chi connectivity index (χ0) is 12.4. The number of hydrogen-bond donors (Lipinski definition) is 1. The van der Waals surface area contributed by atoms with Gasteiger partial charge in [-0.25, -0.2) is 0 Å². The van der Waals surface area contributed by atoms with E-state index in [9.17, 15) is 0 Å². The third-order valence-electron chi connectivity index (χ3n) is 3.60. The molecular formula is C15H33N. The lowest BCUT2D eigenvalue weighted by Gasteiger charge is -2.23. The van der Waals surface area contributed by atoms with Crippen molar-refractivity contribution in [1.29, 1.82) is 0 Å². The maximum Gasteiger partial charge on any atom is 0.00104 e. The third kappa shape index (κ3) is 8.15. The summed E-state index contributed by atoms with van der Waals surface area (Å²) in [6.45, 7) is 12.7. The van der Waals surface area contributed by atoms with E-state index in [-0.39, 0.29) is 0 Å². The van der Waals surface area contributed by atoms with Crippen LogP contribution in [0.15, 0.2) is 0 Å². The van der Waals surface area contributed by atoms with Crippen LogP contribution in [0.4, 0.5) is 0 Å². The molecule has 0 aromatic rings. The summed E-state index contributed by atoms with van der Waals surface area (Å²) in [5.41, 5.74) is 0. The minimum absolute atomic E-state index is 0.629. The molecule has 0 saturated carbocycles. The molecule has 1 N–H and O–H groups in total. The van der Waals surface area contributed by atoms with Gasteiger partial charge in [0, 0.05) is 6.04 Å². The van der Waals surface area contributed by atoms with E-state index in [0.29, 0.717) is 6.04 Å². The van der Waals surface area contributed by atoms with Crippen LogP contribution in [0.25, 0.3) is 0 Å². The second kappa shape index (κ2) is 10.1. The van der Waals surface area contributed by atoms with Gasteiger partial charge in [-0.2, -0.15) is 0 Å². The van der Waals surface area contributed by atoms with Crippen molar-refractivity contribution in [1.82, 2.24) is 5.32 Å².